The Balaban J connectivity index is 2.49. The summed E-state index contributed by atoms with van der Waals surface area (Å²) in [5.41, 5.74) is -0.307. The molecule has 0 aliphatic heterocycles. The van der Waals surface area contributed by atoms with Gasteiger partial charge in [0.2, 0.25) is 0 Å². The number of nitrogens with one attached hydrogen (secondary N) is 1. The van der Waals surface area contributed by atoms with Crippen molar-refractivity contribution in [2.24, 2.45) is 0 Å². The number of hydrogen-bond donors (Lipinski definition) is 3. The van der Waals surface area contributed by atoms with Crippen molar-refractivity contribution in [3.05, 3.63) is 0 Å². The molecule has 3 N–H and O–H groups in total. The van der Waals surface area contributed by atoms with Crippen molar-refractivity contribution < 1.29 is 15.0 Å². The van der Waals surface area contributed by atoms with Crippen molar-refractivity contribution in [2.45, 2.75) is 50.6 Å². The molecule has 14 heavy (non-hydrogen) atoms. The lowest BCUT2D eigenvalue weighted by Gasteiger charge is -2.43. The molecule has 1 aliphatic rings. The summed E-state index contributed by atoms with van der Waals surface area (Å²) in [4.78, 5) is 10.9. The summed E-state index contributed by atoms with van der Waals surface area (Å²) in [5.74, 6) is -0.813. The van der Waals surface area contributed by atoms with Gasteiger partial charge >= 0.3 is 5.97 Å². The number of hydrogen-bond acceptors (Lipinski definition) is 3. The Hall–Kier alpha value is -0.610. The molecule has 0 heterocycles. The van der Waals surface area contributed by atoms with Gasteiger partial charge in [-0.2, -0.15) is 0 Å². The van der Waals surface area contributed by atoms with Crippen LogP contribution in [-0.4, -0.2) is 34.4 Å². The van der Waals surface area contributed by atoms with E-state index in [0.29, 0.717) is 6.42 Å². The lowest BCUT2D eigenvalue weighted by molar-refractivity contribution is -0.141. The summed E-state index contributed by atoms with van der Waals surface area (Å²) in [6.45, 7) is 2.00. The van der Waals surface area contributed by atoms with Crippen molar-refractivity contribution >= 4 is 5.97 Å². The molecule has 1 aliphatic carbocycles. The minimum atomic E-state index is -0.813. The molecule has 0 aromatic carbocycles. The molecule has 0 aromatic rings. The maximum Gasteiger partial charge on any atom is 0.320 e. The van der Waals surface area contributed by atoms with Gasteiger partial charge in [-0.05, 0) is 25.7 Å². The largest absolute Gasteiger partial charge is 0.480 e. The van der Waals surface area contributed by atoms with E-state index in [1.165, 1.54) is 0 Å². The van der Waals surface area contributed by atoms with Crippen LogP contribution in [0.3, 0.4) is 0 Å². The molecule has 0 bridgehead atoms. The van der Waals surface area contributed by atoms with E-state index in [4.69, 9.17) is 5.11 Å². The first-order valence-corrected chi connectivity index (χ1v) is 5.25. The van der Waals surface area contributed by atoms with Gasteiger partial charge in [-0.15, -0.1) is 0 Å². The molecular formula is C10H19NO3. The number of rotatable bonds is 6. The predicted molar refractivity (Wildman–Crippen MR) is 53.1 cm³/mol. The maximum atomic E-state index is 10.9. The van der Waals surface area contributed by atoms with Gasteiger partial charge in [0.05, 0.1) is 6.61 Å². The summed E-state index contributed by atoms with van der Waals surface area (Å²) < 4.78 is 0. The third-order valence-electron chi connectivity index (χ3n) is 2.97. The van der Waals surface area contributed by atoms with Crippen LogP contribution in [-0.2, 0) is 4.79 Å². The van der Waals surface area contributed by atoms with Crippen LogP contribution < -0.4 is 5.32 Å². The minimum Gasteiger partial charge on any atom is -0.480 e. The van der Waals surface area contributed by atoms with Crippen LogP contribution >= 0.6 is 0 Å². The van der Waals surface area contributed by atoms with Crippen LogP contribution in [0.2, 0.25) is 0 Å². The molecule has 1 unspecified atom stereocenters. The maximum absolute atomic E-state index is 10.9. The summed E-state index contributed by atoms with van der Waals surface area (Å²) in [6, 6.07) is -0.507. The van der Waals surface area contributed by atoms with E-state index in [-0.39, 0.29) is 12.1 Å². The molecule has 0 spiro atoms. The van der Waals surface area contributed by atoms with E-state index in [1.807, 2.05) is 6.92 Å². The van der Waals surface area contributed by atoms with E-state index in [9.17, 15) is 9.90 Å². The van der Waals surface area contributed by atoms with Gasteiger partial charge in [0.1, 0.15) is 6.04 Å². The molecule has 0 aromatic heterocycles. The lowest BCUT2D eigenvalue weighted by atomic mass is 9.76. The van der Waals surface area contributed by atoms with Gasteiger partial charge in [-0.1, -0.05) is 13.3 Å². The highest BCUT2D eigenvalue weighted by atomic mass is 16.4. The van der Waals surface area contributed by atoms with E-state index in [1.54, 1.807) is 0 Å². The zero-order valence-electron chi connectivity index (χ0n) is 8.62. The highest BCUT2D eigenvalue weighted by Crippen LogP contribution is 2.32. The number of carboxylic acid groups (broad SMARTS) is 1. The molecule has 4 heteroatoms. The topological polar surface area (TPSA) is 69.6 Å². The number of aliphatic hydroxyl groups excluding tert-OH is 1. The zero-order valence-corrected chi connectivity index (χ0v) is 8.62. The number of carbonyl (C=O) groups is 1. The van der Waals surface area contributed by atoms with Gasteiger partial charge in [0.15, 0.2) is 0 Å². The van der Waals surface area contributed by atoms with Crippen molar-refractivity contribution in [3.8, 4) is 0 Å². The van der Waals surface area contributed by atoms with Crippen LogP contribution in [0.5, 0.6) is 0 Å². The van der Waals surface area contributed by atoms with Crippen LogP contribution in [0.1, 0.15) is 39.0 Å². The first kappa shape index (κ1) is 11.5. The zero-order chi connectivity index (χ0) is 10.6. The van der Waals surface area contributed by atoms with Gasteiger partial charge in [-0.25, -0.2) is 0 Å². The fourth-order valence-corrected chi connectivity index (χ4v) is 1.87. The number of carboxylic acids is 1. The molecule has 4 nitrogen and oxygen atoms in total. The summed E-state index contributed by atoms with van der Waals surface area (Å²) >= 11 is 0. The van der Waals surface area contributed by atoms with Crippen LogP contribution in [0.25, 0.3) is 0 Å². The monoisotopic (exact) mass is 201 g/mol. The Kier molecular flexibility index (Phi) is 3.89. The smallest absolute Gasteiger partial charge is 0.320 e. The van der Waals surface area contributed by atoms with Gasteiger partial charge < -0.3 is 10.2 Å². The molecule has 0 amide bonds. The van der Waals surface area contributed by atoms with Crippen molar-refractivity contribution in [3.63, 3.8) is 0 Å². The third kappa shape index (κ3) is 2.45. The quantitative estimate of drug-likeness (QED) is 0.593. The van der Waals surface area contributed by atoms with E-state index >= 15 is 0 Å². The standard InChI is InChI=1S/C10H19NO3/c1-2-4-8(9(13)14)11-10(7-12)5-3-6-10/h8,11-12H,2-7H2,1H3,(H,13,14). The molecule has 1 saturated carbocycles. The first-order chi connectivity index (χ1) is 6.63. The Labute approximate surface area is 84.3 Å². The second kappa shape index (κ2) is 4.75. The summed E-state index contributed by atoms with van der Waals surface area (Å²) in [5, 5.41) is 21.2. The first-order valence-electron chi connectivity index (χ1n) is 5.25. The van der Waals surface area contributed by atoms with E-state index in [0.717, 1.165) is 25.7 Å². The Morgan fingerprint density at radius 2 is 2.21 bits per heavy atom. The second-order valence-corrected chi connectivity index (χ2v) is 4.12. The van der Waals surface area contributed by atoms with Crippen LogP contribution in [0.15, 0.2) is 0 Å². The predicted octanol–water partition coefficient (Wildman–Crippen LogP) is 0.744. The van der Waals surface area contributed by atoms with Gasteiger partial charge in [0, 0.05) is 5.54 Å². The third-order valence-corrected chi connectivity index (χ3v) is 2.97. The fourth-order valence-electron chi connectivity index (χ4n) is 1.87. The minimum absolute atomic E-state index is 0.0422. The van der Waals surface area contributed by atoms with Crippen molar-refractivity contribution in [1.29, 1.82) is 0 Å². The van der Waals surface area contributed by atoms with Gasteiger partial charge in [0.25, 0.3) is 0 Å². The van der Waals surface area contributed by atoms with Crippen molar-refractivity contribution in [2.75, 3.05) is 6.61 Å². The number of aliphatic carboxylic acids is 1. The Morgan fingerprint density at radius 1 is 1.57 bits per heavy atom. The Bertz CT molecular complexity index is 196. The van der Waals surface area contributed by atoms with Gasteiger partial charge in [-0.3, -0.25) is 10.1 Å². The van der Waals surface area contributed by atoms with Crippen LogP contribution in [0, 0.1) is 0 Å². The van der Waals surface area contributed by atoms with E-state index in [2.05, 4.69) is 5.32 Å². The average molecular weight is 201 g/mol. The molecule has 1 fully saturated rings. The molecule has 0 saturated heterocycles. The molecule has 1 rings (SSSR count). The molecule has 1 atom stereocenters. The Morgan fingerprint density at radius 3 is 2.50 bits per heavy atom. The second-order valence-electron chi connectivity index (χ2n) is 4.12. The normalized spacial score (nSPS) is 21.3. The highest BCUT2D eigenvalue weighted by Gasteiger charge is 2.39. The fraction of sp³-hybridized carbons (Fsp3) is 0.900. The van der Waals surface area contributed by atoms with Crippen LogP contribution in [0.4, 0.5) is 0 Å². The molecule has 0 radical (unpaired) electrons. The number of aliphatic hydroxyl groups is 1. The average Bonchev–Trinajstić information content (AvgIpc) is 2.09. The lowest BCUT2D eigenvalue weighted by Crippen LogP contribution is -2.59. The van der Waals surface area contributed by atoms with E-state index < -0.39 is 12.0 Å². The molecule has 82 valence electrons. The SMILES string of the molecule is CCCC(NC1(CO)CCC1)C(=O)O. The summed E-state index contributed by atoms with van der Waals surface area (Å²) in [6.07, 6.45) is 4.31. The summed E-state index contributed by atoms with van der Waals surface area (Å²) in [7, 11) is 0. The molecular weight excluding hydrogens is 182 g/mol. The highest BCUT2D eigenvalue weighted by molar-refractivity contribution is 5.73. The van der Waals surface area contributed by atoms with Crippen molar-refractivity contribution in [1.82, 2.24) is 5.32 Å².